The van der Waals surface area contributed by atoms with E-state index in [4.69, 9.17) is 14.3 Å². The molecule has 0 bridgehead atoms. The maximum absolute atomic E-state index is 14.8. The fourth-order valence-electron chi connectivity index (χ4n) is 3.40. The van der Waals surface area contributed by atoms with Crippen LogP contribution in [0.3, 0.4) is 0 Å². The minimum Gasteiger partial charge on any atom is -0.425 e. The Balaban J connectivity index is 1.75. The molecule has 10 nitrogen and oxygen atoms in total. The van der Waals surface area contributed by atoms with E-state index < -0.39 is 27.5 Å². The van der Waals surface area contributed by atoms with E-state index in [1.807, 2.05) is 17.7 Å². The Labute approximate surface area is 188 Å². The number of rotatable bonds is 6. The van der Waals surface area contributed by atoms with Crippen molar-refractivity contribution in [3.63, 3.8) is 0 Å². The van der Waals surface area contributed by atoms with Crippen LogP contribution in [0.25, 0.3) is 11.0 Å². The van der Waals surface area contributed by atoms with Crippen LogP contribution in [0.5, 0.6) is 11.8 Å². The minimum atomic E-state index is -4.22. The van der Waals surface area contributed by atoms with Gasteiger partial charge in [0.2, 0.25) is 0 Å². The monoisotopic (exact) mass is 473 g/mol. The summed E-state index contributed by atoms with van der Waals surface area (Å²) in [5.41, 5.74) is 1.32. The summed E-state index contributed by atoms with van der Waals surface area (Å²) in [4.78, 5) is 20.5. The Bertz CT molecular complexity index is 1540. The number of hydrogen-bond acceptors (Lipinski definition) is 7. The van der Waals surface area contributed by atoms with Crippen LogP contribution in [0, 0.1) is 19.7 Å². The van der Waals surface area contributed by atoms with Gasteiger partial charge in [0.05, 0.1) is 0 Å². The van der Waals surface area contributed by atoms with Gasteiger partial charge in [-0.2, -0.15) is 8.42 Å². The fraction of sp³-hybridized carbons (Fsp3) is 0.190. The number of aromatic nitrogens is 3. The Hall–Kier alpha value is -3.77. The smallest absolute Gasteiger partial charge is 0.340 e. The van der Waals surface area contributed by atoms with Crippen LogP contribution in [0.2, 0.25) is 0 Å². The molecule has 0 unspecified atom stereocenters. The molecule has 0 aliphatic heterocycles. The van der Waals surface area contributed by atoms with Gasteiger partial charge in [-0.1, -0.05) is 0 Å². The summed E-state index contributed by atoms with van der Waals surface area (Å²) in [6, 6.07) is 5.15. The highest BCUT2D eigenvalue weighted by atomic mass is 32.2. The number of nitrogens with one attached hydrogen (secondary N) is 1. The molecule has 172 valence electrons. The lowest BCUT2D eigenvalue weighted by molar-refractivity contribution is 0.421. The van der Waals surface area contributed by atoms with Crippen molar-refractivity contribution in [3.05, 3.63) is 75.3 Å². The molecule has 0 amide bonds. The summed E-state index contributed by atoms with van der Waals surface area (Å²) in [5.74, 6) is -1.00. The van der Waals surface area contributed by atoms with E-state index in [0.717, 1.165) is 5.56 Å². The van der Waals surface area contributed by atoms with E-state index >= 15 is 0 Å². The summed E-state index contributed by atoms with van der Waals surface area (Å²) in [5, 5.41) is 5.56. The number of aryl methyl sites for hydroxylation is 3. The normalized spacial score (nSPS) is 11.7. The number of ether oxygens (including phenoxy) is 1. The predicted octanol–water partition coefficient (Wildman–Crippen LogP) is 2.68. The van der Waals surface area contributed by atoms with Crippen molar-refractivity contribution in [2.45, 2.75) is 20.3 Å². The van der Waals surface area contributed by atoms with E-state index in [-0.39, 0.29) is 17.5 Å². The highest BCUT2D eigenvalue weighted by Crippen LogP contribution is 2.31. The maximum Gasteiger partial charge on any atom is 0.340 e. The van der Waals surface area contributed by atoms with Crippen molar-refractivity contribution >= 4 is 27.0 Å². The van der Waals surface area contributed by atoms with Crippen LogP contribution in [0.4, 0.5) is 10.2 Å². The first-order chi connectivity index (χ1) is 15.5. The van der Waals surface area contributed by atoms with Gasteiger partial charge in [0, 0.05) is 49.1 Å². The highest BCUT2D eigenvalue weighted by Gasteiger charge is 2.19. The molecule has 3 aromatic heterocycles. The number of pyridine rings is 1. The summed E-state index contributed by atoms with van der Waals surface area (Å²) in [6.07, 6.45) is 4.42. The van der Waals surface area contributed by atoms with Crippen LogP contribution in [-0.4, -0.2) is 23.0 Å². The maximum atomic E-state index is 14.8. The molecule has 0 aliphatic rings. The van der Waals surface area contributed by atoms with Crippen LogP contribution in [-0.2, 0) is 23.7 Å². The summed E-state index contributed by atoms with van der Waals surface area (Å²) < 4.78 is 52.1. The van der Waals surface area contributed by atoms with Gasteiger partial charge in [-0.05, 0) is 42.7 Å². The fourth-order valence-corrected chi connectivity index (χ4v) is 3.82. The molecule has 0 fully saturated rings. The van der Waals surface area contributed by atoms with Crippen LogP contribution < -0.4 is 20.2 Å². The largest absolute Gasteiger partial charge is 0.425 e. The van der Waals surface area contributed by atoms with Gasteiger partial charge >= 0.3 is 11.6 Å². The average molecular weight is 473 g/mol. The van der Waals surface area contributed by atoms with Crippen molar-refractivity contribution in [1.82, 2.24) is 14.5 Å². The highest BCUT2D eigenvalue weighted by molar-refractivity contribution is 7.90. The van der Waals surface area contributed by atoms with Crippen molar-refractivity contribution in [2.24, 2.45) is 12.2 Å². The van der Waals surface area contributed by atoms with Crippen molar-refractivity contribution in [1.29, 1.82) is 0 Å². The molecule has 12 heteroatoms. The molecule has 33 heavy (non-hydrogen) atoms. The number of anilines is 1. The van der Waals surface area contributed by atoms with E-state index in [1.54, 1.807) is 37.0 Å². The van der Waals surface area contributed by atoms with Gasteiger partial charge in [-0.25, -0.2) is 24.3 Å². The lowest BCUT2D eigenvalue weighted by Crippen LogP contribution is -2.23. The molecule has 0 atom stereocenters. The molecule has 3 heterocycles. The van der Waals surface area contributed by atoms with Crippen LogP contribution >= 0.6 is 0 Å². The average Bonchev–Trinajstić information content (AvgIpc) is 3.13. The van der Waals surface area contributed by atoms with Gasteiger partial charge in [-0.15, -0.1) is 0 Å². The molecule has 1 aromatic carbocycles. The first-order valence-electron chi connectivity index (χ1n) is 9.69. The Morgan fingerprint density at radius 2 is 2.00 bits per heavy atom. The first-order valence-corrected chi connectivity index (χ1v) is 11.2. The Kier molecular flexibility index (Phi) is 5.64. The zero-order valence-electron chi connectivity index (χ0n) is 17.9. The number of benzene rings is 1. The minimum absolute atomic E-state index is 0.0531. The summed E-state index contributed by atoms with van der Waals surface area (Å²) in [7, 11) is -2.43. The quantitative estimate of drug-likeness (QED) is 0.410. The summed E-state index contributed by atoms with van der Waals surface area (Å²) in [6.45, 7) is 3.57. The second kappa shape index (κ2) is 8.30. The lowest BCUT2D eigenvalue weighted by atomic mass is 9.98. The second-order valence-electron chi connectivity index (χ2n) is 7.49. The molecule has 4 rings (SSSR count). The SMILES string of the molecule is Cc1cc2c(C)c(Cc3ccnc(NS(N)(=O)=O)c3F)c(=O)oc2cc1Oc1nccn1C. The number of imidazole rings is 1. The third-order valence-corrected chi connectivity index (χ3v) is 5.61. The molecule has 0 aliphatic carbocycles. The zero-order valence-corrected chi connectivity index (χ0v) is 18.7. The number of nitrogens with zero attached hydrogens (tertiary/aromatic N) is 3. The zero-order chi connectivity index (χ0) is 23.9. The molecule has 0 spiro atoms. The topological polar surface area (TPSA) is 142 Å². The molecule has 0 radical (unpaired) electrons. The molecular weight excluding hydrogens is 453 g/mol. The van der Waals surface area contributed by atoms with Gasteiger partial charge < -0.3 is 13.7 Å². The lowest BCUT2D eigenvalue weighted by Gasteiger charge is -2.13. The third-order valence-electron chi connectivity index (χ3n) is 5.14. The molecule has 3 N–H and O–H groups in total. The van der Waals surface area contributed by atoms with Crippen LogP contribution in [0.15, 0.2) is 46.0 Å². The van der Waals surface area contributed by atoms with Crippen molar-refractivity contribution in [3.8, 4) is 11.8 Å². The second-order valence-corrected chi connectivity index (χ2v) is 8.78. The van der Waals surface area contributed by atoms with Gasteiger partial charge in [-0.3, -0.25) is 4.72 Å². The molecule has 4 aromatic rings. The summed E-state index contributed by atoms with van der Waals surface area (Å²) >= 11 is 0. The number of nitrogens with two attached hydrogens (primary N) is 1. The predicted molar refractivity (Wildman–Crippen MR) is 119 cm³/mol. The standard InChI is InChI=1S/C21H20FN5O5S/c1-11-8-14-12(2)15(9-13-4-5-24-19(18(13)22)26-33(23,29)30)20(28)31-17(14)10-16(11)32-21-25-6-7-27(21)3/h4-8,10H,9H2,1-3H3,(H,24,26)(H2,23,29,30). The van der Waals surface area contributed by atoms with Gasteiger partial charge in [0.1, 0.15) is 11.3 Å². The third kappa shape index (κ3) is 4.56. The van der Waals surface area contributed by atoms with Gasteiger partial charge in [0.25, 0.3) is 10.2 Å². The molecule has 0 saturated heterocycles. The van der Waals surface area contributed by atoms with Crippen molar-refractivity contribution in [2.75, 3.05) is 4.72 Å². The number of hydrogen-bond donors (Lipinski definition) is 2. The van der Waals surface area contributed by atoms with E-state index in [2.05, 4.69) is 9.97 Å². The van der Waals surface area contributed by atoms with E-state index in [9.17, 15) is 17.6 Å². The van der Waals surface area contributed by atoms with Crippen LogP contribution in [0.1, 0.15) is 22.3 Å². The van der Waals surface area contributed by atoms with E-state index in [0.29, 0.717) is 28.3 Å². The first kappa shape index (κ1) is 22.4. The van der Waals surface area contributed by atoms with E-state index in [1.165, 1.54) is 12.3 Å². The molecule has 0 saturated carbocycles. The Morgan fingerprint density at radius 3 is 2.67 bits per heavy atom. The van der Waals surface area contributed by atoms with Gasteiger partial charge in [0.15, 0.2) is 11.6 Å². The number of fused-ring (bicyclic) bond motifs is 1. The van der Waals surface area contributed by atoms with Crippen molar-refractivity contribution < 1.29 is 22.0 Å². The Morgan fingerprint density at radius 1 is 1.24 bits per heavy atom. The molecular formula is C21H20FN5O5S. The number of halogens is 1.